The van der Waals surface area contributed by atoms with Crippen molar-refractivity contribution in [2.24, 2.45) is 11.8 Å². The van der Waals surface area contributed by atoms with E-state index in [0.717, 1.165) is 41.7 Å². The zero-order valence-corrected chi connectivity index (χ0v) is 14.7. The predicted molar refractivity (Wildman–Crippen MR) is 85.8 cm³/mol. The summed E-state index contributed by atoms with van der Waals surface area (Å²) in [5.41, 5.74) is 1.60. The standard InChI is InChI=1S/C16H27BrN2O/c1-5-19-14(15(17)12(4)18-19)10-16(20)8-6-7-13(9-16)11(2)3/h11,13,20H,5-10H2,1-4H3. The number of nitrogens with zero attached hydrogens (tertiary/aromatic N) is 2. The molecule has 0 amide bonds. The molecule has 2 atom stereocenters. The molecule has 2 unspecified atom stereocenters. The molecule has 1 N–H and O–H groups in total. The number of aryl methyl sites for hydroxylation is 2. The summed E-state index contributed by atoms with van der Waals surface area (Å²) in [7, 11) is 0. The van der Waals surface area contributed by atoms with E-state index in [0.29, 0.717) is 18.3 Å². The van der Waals surface area contributed by atoms with Crippen molar-refractivity contribution in [3.63, 3.8) is 0 Å². The van der Waals surface area contributed by atoms with Gasteiger partial charge < -0.3 is 5.11 Å². The van der Waals surface area contributed by atoms with Gasteiger partial charge >= 0.3 is 0 Å². The first-order chi connectivity index (χ1) is 9.36. The van der Waals surface area contributed by atoms with Gasteiger partial charge in [-0.25, -0.2) is 0 Å². The second-order valence-corrected chi connectivity index (χ2v) is 7.46. The first-order valence-corrected chi connectivity index (χ1v) is 8.59. The van der Waals surface area contributed by atoms with E-state index in [4.69, 9.17) is 0 Å². The van der Waals surface area contributed by atoms with E-state index in [2.05, 4.69) is 41.8 Å². The van der Waals surface area contributed by atoms with Crippen LogP contribution in [0.5, 0.6) is 0 Å². The Morgan fingerprint density at radius 2 is 2.20 bits per heavy atom. The van der Waals surface area contributed by atoms with Crippen LogP contribution < -0.4 is 0 Å². The van der Waals surface area contributed by atoms with Gasteiger partial charge in [-0.15, -0.1) is 0 Å². The number of hydrogen-bond acceptors (Lipinski definition) is 2. The monoisotopic (exact) mass is 342 g/mol. The highest BCUT2D eigenvalue weighted by Gasteiger charge is 2.37. The van der Waals surface area contributed by atoms with E-state index in [1.165, 1.54) is 6.42 Å². The molecule has 1 aromatic rings. The Hall–Kier alpha value is -0.350. The summed E-state index contributed by atoms with van der Waals surface area (Å²) in [6.07, 6.45) is 4.94. The van der Waals surface area contributed by atoms with Gasteiger partial charge in [0.25, 0.3) is 0 Å². The van der Waals surface area contributed by atoms with Gasteiger partial charge in [-0.1, -0.05) is 20.3 Å². The Morgan fingerprint density at radius 1 is 1.50 bits per heavy atom. The summed E-state index contributed by atoms with van der Waals surface area (Å²) in [6.45, 7) is 9.51. The van der Waals surface area contributed by atoms with Crippen LogP contribution in [0.3, 0.4) is 0 Å². The molecule has 114 valence electrons. The zero-order valence-electron chi connectivity index (χ0n) is 13.1. The van der Waals surface area contributed by atoms with Gasteiger partial charge in [0.1, 0.15) is 0 Å². The van der Waals surface area contributed by atoms with Crippen LogP contribution in [-0.4, -0.2) is 20.5 Å². The summed E-state index contributed by atoms with van der Waals surface area (Å²) in [5, 5.41) is 15.6. The Balaban J connectivity index is 2.20. The Labute approximate surface area is 130 Å². The second-order valence-electron chi connectivity index (χ2n) is 6.66. The van der Waals surface area contributed by atoms with Crippen molar-refractivity contribution in [1.29, 1.82) is 0 Å². The molecule has 4 heteroatoms. The fourth-order valence-electron chi connectivity index (χ4n) is 3.46. The molecule has 3 nitrogen and oxygen atoms in total. The predicted octanol–water partition coefficient (Wildman–Crippen LogP) is 4.09. The topological polar surface area (TPSA) is 38.0 Å². The maximum absolute atomic E-state index is 11.0. The molecule has 2 rings (SSSR count). The highest BCUT2D eigenvalue weighted by Crippen LogP contribution is 2.39. The summed E-state index contributed by atoms with van der Waals surface area (Å²) in [4.78, 5) is 0. The molecule has 0 spiro atoms. The van der Waals surface area contributed by atoms with E-state index >= 15 is 0 Å². The minimum Gasteiger partial charge on any atom is -0.389 e. The lowest BCUT2D eigenvalue weighted by atomic mass is 9.72. The molecule has 20 heavy (non-hydrogen) atoms. The van der Waals surface area contributed by atoms with Crippen molar-refractivity contribution in [2.45, 2.75) is 71.9 Å². The van der Waals surface area contributed by atoms with Gasteiger partial charge in [0.15, 0.2) is 0 Å². The maximum Gasteiger partial charge on any atom is 0.0738 e. The number of aliphatic hydroxyl groups is 1. The maximum atomic E-state index is 11.0. The van der Waals surface area contributed by atoms with Crippen molar-refractivity contribution in [1.82, 2.24) is 9.78 Å². The minimum atomic E-state index is -0.560. The minimum absolute atomic E-state index is 0.560. The highest BCUT2D eigenvalue weighted by molar-refractivity contribution is 9.10. The zero-order chi connectivity index (χ0) is 14.9. The average molecular weight is 343 g/mol. The number of rotatable bonds is 4. The summed E-state index contributed by atoms with van der Waals surface area (Å²) in [6, 6.07) is 0. The third kappa shape index (κ3) is 3.28. The molecule has 0 aliphatic heterocycles. The van der Waals surface area contributed by atoms with Crippen LogP contribution in [0.25, 0.3) is 0 Å². The molecule has 0 bridgehead atoms. The quantitative estimate of drug-likeness (QED) is 0.894. The largest absolute Gasteiger partial charge is 0.389 e. The molecule has 1 heterocycles. The van der Waals surface area contributed by atoms with Crippen LogP contribution in [0.15, 0.2) is 4.47 Å². The lowest BCUT2D eigenvalue weighted by Crippen LogP contribution is -2.39. The molecule has 0 radical (unpaired) electrons. The highest BCUT2D eigenvalue weighted by atomic mass is 79.9. The molecule has 1 aromatic heterocycles. The first kappa shape index (κ1) is 16.0. The molecule has 0 aromatic carbocycles. The molecule has 0 saturated heterocycles. The van der Waals surface area contributed by atoms with E-state index in [1.807, 2.05) is 11.6 Å². The fourth-order valence-corrected chi connectivity index (χ4v) is 3.89. The third-order valence-corrected chi connectivity index (χ3v) is 5.78. The molecular formula is C16H27BrN2O. The Kier molecular flexibility index (Phi) is 4.96. The van der Waals surface area contributed by atoms with Gasteiger partial charge in [0, 0.05) is 13.0 Å². The number of hydrogen-bond donors (Lipinski definition) is 1. The summed E-state index contributed by atoms with van der Waals surface area (Å²) in [5.74, 6) is 1.30. The van der Waals surface area contributed by atoms with Gasteiger partial charge in [-0.05, 0) is 60.9 Å². The van der Waals surface area contributed by atoms with Gasteiger partial charge in [-0.3, -0.25) is 4.68 Å². The van der Waals surface area contributed by atoms with E-state index in [-0.39, 0.29) is 0 Å². The van der Waals surface area contributed by atoms with Crippen LogP contribution in [0.4, 0.5) is 0 Å². The van der Waals surface area contributed by atoms with Crippen molar-refractivity contribution >= 4 is 15.9 Å². The van der Waals surface area contributed by atoms with Crippen molar-refractivity contribution < 1.29 is 5.11 Å². The average Bonchev–Trinajstić information content (AvgIpc) is 2.66. The summed E-state index contributed by atoms with van der Waals surface area (Å²) >= 11 is 3.64. The van der Waals surface area contributed by atoms with Gasteiger partial charge in [0.2, 0.25) is 0 Å². The van der Waals surface area contributed by atoms with Crippen molar-refractivity contribution in [2.75, 3.05) is 0 Å². The normalized spacial score (nSPS) is 27.2. The fraction of sp³-hybridized carbons (Fsp3) is 0.812. The number of aromatic nitrogens is 2. The smallest absolute Gasteiger partial charge is 0.0738 e. The van der Waals surface area contributed by atoms with E-state index in [1.54, 1.807) is 0 Å². The van der Waals surface area contributed by atoms with Crippen LogP contribution in [-0.2, 0) is 13.0 Å². The lowest BCUT2D eigenvalue weighted by Gasteiger charge is -2.38. The van der Waals surface area contributed by atoms with Crippen LogP contribution in [0.1, 0.15) is 57.8 Å². The van der Waals surface area contributed by atoms with Crippen LogP contribution in [0, 0.1) is 18.8 Å². The Bertz CT molecular complexity index is 469. The van der Waals surface area contributed by atoms with E-state index in [9.17, 15) is 5.11 Å². The first-order valence-electron chi connectivity index (χ1n) is 7.80. The molecule has 1 aliphatic carbocycles. The molecular weight excluding hydrogens is 316 g/mol. The SMILES string of the molecule is CCn1nc(C)c(Br)c1CC1(O)CCCC(C(C)C)C1. The van der Waals surface area contributed by atoms with E-state index < -0.39 is 5.60 Å². The van der Waals surface area contributed by atoms with Crippen molar-refractivity contribution in [3.8, 4) is 0 Å². The lowest BCUT2D eigenvalue weighted by molar-refractivity contribution is -0.0255. The van der Waals surface area contributed by atoms with Crippen LogP contribution in [0.2, 0.25) is 0 Å². The molecule has 1 aliphatic rings. The van der Waals surface area contributed by atoms with Gasteiger partial charge in [0.05, 0.1) is 21.5 Å². The van der Waals surface area contributed by atoms with Gasteiger partial charge in [-0.2, -0.15) is 5.10 Å². The Morgan fingerprint density at radius 3 is 2.80 bits per heavy atom. The molecule has 1 saturated carbocycles. The van der Waals surface area contributed by atoms with Crippen molar-refractivity contribution in [3.05, 3.63) is 15.9 Å². The summed E-state index contributed by atoms with van der Waals surface area (Å²) < 4.78 is 3.09. The van der Waals surface area contributed by atoms with Crippen LogP contribution >= 0.6 is 15.9 Å². The third-order valence-electron chi connectivity index (χ3n) is 4.75. The molecule has 1 fully saturated rings. The number of halogens is 1. The second kappa shape index (κ2) is 6.18.